The molecule has 0 spiro atoms. The standard InChI is InChI=1S/C21H25F3N4O4S2/c1-12-11-34(31)8-7-28(12)20(30)32-13-3-5-27(6-4-13)16-9-15(21(22,23)24)18-17(26-16)14(10-33-18)19(29)25-2/h9-10,12-13H,3-8,11H2,1-2H3,(H,25,29). The number of hydrogen-bond donors (Lipinski definition) is 1. The highest BCUT2D eigenvalue weighted by Crippen LogP contribution is 2.40. The number of halogens is 3. The molecule has 2 fully saturated rings. The highest BCUT2D eigenvalue weighted by Gasteiger charge is 2.36. The van der Waals surface area contributed by atoms with Gasteiger partial charge in [-0.25, -0.2) is 9.78 Å². The first kappa shape index (κ1) is 24.7. The first-order valence-electron chi connectivity index (χ1n) is 10.9. The number of nitrogens with one attached hydrogen (secondary N) is 1. The summed E-state index contributed by atoms with van der Waals surface area (Å²) in [5.74, 6) is 0.489. The summed E-state index contributed by atoms with van der Waals surface area (Å²) in [5.41, 5.74) is -0.688. The summed E-state index contributed by atoms with van der Waals surface area (Å²) in [6.45, 7) is 2.92. The molecular formula is C21H25F3N4O4S2. The van der Waals surface area contributed by atoms with Gasteiger partial charge >= 0.3 is 12.3 Å². The molecule has 0 aromatic carbocycles. The summed E-state index contributed by atoms with van der Waals surface area (Å²) >= 11 is 0.844. The fraction of sp³-hybridized carbons (Fsp3) is 0.571. The topological polar surface area (TPSA) is 91.8 Å². The fourth-order valence-corrected chi connectivity index (χ4v) is 6.52. The quantitative estimate of drug-likeness (QED) is 0.671. The van der Waals surface area contributed by atoms with E-state index in [2.05, 4.69) is 10.3 Å². The summed E-state index contributed by atoms with van der Waals surface area (Å²) in [5, 5.41) is 3.82. The number of piperidine rings is 1. The van der Waals surface area contributed by atoms with Crippen molar-refractivity contribution in [2.45, 2.75) is 38.1 Å². The van der Waals surface area contributed by atoms with Gasteiger partial charge < -0.3 is 19.9 Å². The van der Waals surface area contributed by atoms with Gasteiger partial charge in [-0.1, -0.05) is 0 Å². The number of carbonyl (C=O) groups excluding carboxylic acids is 2. The highest BCUT2D eigenvalue weighted by molar-refractivity contribution is 7.85. The van der Waals surface area contributed by atoms with Crippen molar-refractivity contribution in [1.82, 2.24) is 15.2 Å². The van der Waals surface area contributed by atoms with Gasteiger partial charge in [0, 0.05) is 73.3 Å². The minimum atomic E-state index is -4.59. The van der Waals surface area contributed by atoms with E-state index in [1.165, 1.54) is 12.4 Å². The van der Waals surface area contributed by atoms with Crippen molar-refractivity contribution in [2.75, 3.05) is 43.1 Å². The monoisotopic (exact) mass is 518 g/mol. The third-order valence-electron chi connectivity index (χ3n) is 6.07. The molecule has 2 unspecified atom stereocenters. The van der Waals surface area contributed by atoms with E-state index in [-0.39, 0.29) is 33.7 Å². The number of alkyl halides is 3. The zero-order valence-corrected chi connectivity index (χ0v) is 20.3. The Balaban J connectivity index is 1.49. The predicted molar refractivity (Wildman–Crippen MR) is 124 cm³/mol. The van der Waals surface area contributed by atoms with Crippen LogP contribution < -0.4 is 10.2 Å². The largest absolute Gasteiger partial charge is 0.446 e. The van der Waals surface area contributed by atoms with Crippen molar-refractivity contribution in [3.8, 4) is 0 Å². The van der Waals surface area contributed by atoms with Crippen LogP contribution in [0.25, 0.3) is 10.2 Å². The van der Waals surface area contributed by atoms with E-state index < -0.39 is 34.5 Å². The average Bonchev–Trinajstić information content (AvgIpc) is 3.21. The number of fused-ring (bicyclic) bond motifs is 1. The molecule has 2 aliphatic rings. The normalized spacial score (nSPS) is 22.1. The van der Waals surface area contributed by atoms with Crippen LogP contribution in [0.15, 0.2) is 11.4 Å². The van der Waals surface area contributed by atoms with Crippen LogP contribution in [0.1, 0.15) is 35.7 Å². The molecule has 4 heterocycles. The summed E-state index contributed by atoms with van der Waals surface area (Å²) < 4.78 is 58.5. The van der Waals surface area contributed by atoms with Gasteiger partial charge in [0.05, 0.1) is 21.3 Å². The van der Waals surface area contributed by atoms with E-state index in [0.29, 0.717) is 44.0 Å². The first-order chi connectivity index (χ1) is 16.1. The van der Waals surface area contributed by atoms with Crippen LogP contribution in [-0.2, 0) is 21.7 Å². The second kappa shape index (κ2) is 9.68. The third-order valence-corrected chi connectivity index (χ3v) is 8.57. The Morgan fingerprint density at radius 1 is 1.26 bits per heavy atom. The lowest BCUT2D eigenvalue weighted by molar-refractivity contribution is -0.136. The second-order valence-electron chi connectivity index (χ2n) is 8.36. The molecule has 2 saturated heterocycles. The Kier molecular flexibility index (Phi) is 7.04. The summed E-state index contributed by atoms with van der Waals surface area (Å²) in [4.78, 5) is 32.4. The summed E-state index contributed by atoms with van der Waals surface area (Å²) in [7, 11) is 0.484. The number of nitrogens with zero attached hydrogens (tertiary/aromatic N) is 3. The van der Waals surface area contributed by atoms with Crippen molar-refractivity contribution < 1.29 is 31.7 Å². The van der Waals surface area contributed by atoms with Crippen LogP contribution in [-0.4, -0.2) is 76.4 Å². The van der Waals surface area contributed by atoms with Gasteiger partial charge in [-0.2, -0.15) is 13.2 Å². The van der Waals surface area contributed by atoms with E-state index in [4.69, 9.17) is 4.74 Å². The number of thiophene rings is 1. The zero-order valence-electron chi connectivity index (χ0n) is 18.7. The van der Waals surface area contributed by atoms with Crippen LogP contribution in [0.2, 0.25) is 0 Å². The van der Waals surface area contributed by atoms with E-state index in [1.807, 2.05) is 6.92 Å². The number of ether oxygens (including phenoxy) is 1. The highest BCUT2D eigenvalue weighted by atomic mass is 32.2. The van der Waals surface area contributed by atoms with Gasteiger partial charge in [-0.05, 0) is 13.0 Å². The molecule has 0 saturated carbocycles. The van der Waals surface area contributed by atoms with Crippen LogP contribution in [0.4, 0.5) is 23.8 Å². The molecule has 4 rings (SSSR count). The van der Waals surface area contributed by atoms with Crippen LogP contribution in [0, 0.1) is 0 Å². The molecule has 2 aromatic heterocycles. The van der Waals surface area contributed by atoms with Crippen LogP contribution >= 0.6 is 11.3 Å². The molecule has 0 bridgehead atoms. The number of carbonyl (C=O) groups is 2. The smallest absolute Gasteiger partial charge is 0.417 e. The predicted octanol–water partition coefficient (Wildman–Crippen LogP) is 3.23. The van der Waals surface area contributed by atoms with Crippen molar-refractivity contribution in [1.29, 1.82) is 0 Å². The molecule has 2 aromatic rings. The van der Waals surface area contributed by atoms with E-state index in [1.54, 1.807) is 9.80 Å². The second-order valence-corrected chi connectivity index (χ2v) is 10.9. The molecular weight excluding hydrogens is 493 g/mol. The molecule has 8 nitrogen and oxygen atoms in total. The van der Waals surface area contributed by atoms with Gasteiger partial charge in [0.25, 0.3) is 5.91 Å². The van der Waals surface area contributed by atoms with E-state index in [0.717, 1.165) is 17.4 Å². The van der Waals surface area contributed by atoms with E-state index in [9.17, 15) is 27.0 Å². The Morgan fingerprint density at radius 3 is 2.59 bits per heavy atom. The number of aromatic nitrogens is 1. The van der Waals surface area contributed by atoms with Gasteiger partial charge in [0.15, 0.2) is 0 Å². The van der Waals surface area contributed by atoms with Gasteiger partial charge in [0.1, 0.15) is 11.9 Å². The van der Waals surface area contributed by atoms with Gasteiger partial charge in [-0.15, -0.1) is 11.3 Å². The number of rotatable bonds is 3. The van der Waals surface area contributed by atoms with Crippen molar-refractivity contribution in [2.24, 2.45) is 0 Å². The lowest BCUT2D eigenvalue weighted by Gasteiger charge is -2.36. The molecule has 0 radical (unpaired) electrons. The minimum absolute atomic E-state index is 0.0270. The maximum atomic E-state index is 13.8. The molecule has 2 amide bonds. The summed E-state index contributed by atoms with van der Waals surface area (Å²) in [6, 6.07) is 0.855. The van der Waals surface area contributed by atoms with Crippen molar-refractivity contribution >= 4 is 50.2 Å². The van der Waals surface area contributed by atoms with Crippen molar-refractivity contribution in [3.05, 3.63) is 22.6 Å². The first-order valence-corrected chi connectivity index (χ1v) is 13.2. The number of anilines is 1. The lowest BCUT2D eigenvalue weighted by atomic mass is 10.1. The number of hydrogen-bond acceptors (Lipinski definition) is 7. The van der Waals surface area contributed by atoms with Crippen LogP contribution in [0.5, 0.6) is 0 Å². The average molecular weight is 519 g/mol. The minimum Gasteiger partial charge on any atom is -0.446 e. The van der Waals surface area contributed by atoms with Crippen molar-refractivity contribution in [3.63, 3.8) is 0 Å². The van der Waals surface area contributed by atoms with Crippen LogP contribution in [0.3, 0.4) is 0 Å². The Bertz CT molecular complexity index is 1120. The maximum Gasteiger partial charge on any atom is 0.417 e. The molecule has 186 valence electrons. The van der Waals surface area contributed by atoms with Gasteiger partial charge in [-0.3, -0.25) is 9.00 Å². The molecule has 2 atom stereocenters. The number of amides is 2. The Hall–Kier alpha value is -2.41. The Morgan fingerprint density at radius 2 is 1.97 bits per heavy atom. The fourth-order valence-electron chi connectivity index (χ4n) is 4.21. The third kappa shape index (κ3) is 4.99. The van der Waals surface area contributed by atoms with Gasteiger partial charge in [0.2, 0.25) is 0 Å². The SMILES string of the molecule is CNC(=O)c1csc2c(C(F)(F)F)cc(N3CCC(OC(=O)N4CCS(=O)CC4C)CC3)nc12. The maximum absolute atomic E-state index is 13.8. The molecule has 0 aliphatic carbocycles. The molecule has 34 heavy (non-hydrogen) atoms. The molecule has 2 aliphatic heterocycles. The molecule has 1 N–H and O–H groups in total. The number of pyridine rings is 1. The summed E-state index contributed by atoms with van der Waals surface area (Å²) in [6.07, 6.45) is -4.53. The molecule has 13 heteroatoms. The zero-order chi connectivity index (χ0) is 24.6. The van der Waals surface area contributed by atoms with E-state index >= 15 is 0 Å². The lowest BCUT2D eigenvalue weighted by Crippen LogP contribution is -2.49. The Labute approximate surface area is 200 Å².